The van der Waals surface area contributed by atoms with E-state index in [1.54, 1.807) is 30.3 Å². The Morgan fingerprint density at radius 3 is 2.41 bits per heavy atom. The van der Waals surface area contributed by atoms with E-state index in [-0.39, 0.29) is 36.0 Å². The molecule has 8 heteroatoms. The predicted octanol–water partition coefficient (Wildman–Crippen LogP) is -5.04. The summed E-state index contributed by atoms with van der Waals surface area (Å²) in [5, 5.41) is 25.1. The van der Waals surface area contributed by atoms with Gasteiger partial charge in [-0.15, -0.1) is 0 Å². The van der Waals surface area contributed by atoms with Crippen LogP contribution in [0.3, 0.4) is 0 Å². The summed E-state index contributed by atoms with van der Waals surface area (Å²) in [6.07, 6.45) is -1.36. The summed E-state index contributed by atoms with van der Waals surface area (Å²) in [6, 6.07) is 6.91. The van der Waals surface area contributed by atoms with Gasteiger partial charge in [-0.1, -0.05) is 30.3 Å². The van der Waals surface area contributed by atoms with Gasteiger partial charge in [0, 0.05) is 0 Å². The number of carbonyl (C=O) groups is 3. The molecule has 3 atom stereocenters. The quantitative estimate of drug-likeness (QED) is 0.328. The number of aliphatic hydroxyl groups excluding tert-OH is 1. The number of rotatable bonds is 8. The average Bonchev–Trinajstić information content (AvgIpc) is 2.46. The summed E-state index contributed by atoms with van der Waals surface area (Å²) in [4.78, 5) is 32.9. The van der Waals surface area contributed by atoms with Crippen LogP contribution >= 0.6 is 0 Å². The fraction of sp³-hybridized carbons (Fsp3) is 0.357. The zero-order chi connectivity index (χ0) is 15.8. The molecule has 0 heterocycles. The number of aliphatic carboxylic acids is 1. The Hall–Kier alpha value is -1.41. The molecule has 0 bridgehead atoms. The maximum absolute atomic E-state index is 11.8. The maximum Gasteiger partial charge on any atom is 1.00 e. The first kappa shape index (κ1) is 20.6. The summed E-state index contributed by atoms with van der Waals surface area (Å²) in [5.41, 5.74) is 0.749. The second-order valence-electron chi connectivity index (χ2n) is 4.57. The second kappa shape index (κ2) is 10.3. The van der Waals surface area contributed by atoms with Crippen LogP contribution in [0.15, 0.2) is 30.3 Å². The van der Waals surface area contributed by atoms with Crippen LogP contribution in [-0.4, -0.2) is 41.6 Å². The van der Waals surface area contributed by atoms with Gasteiger partial charge < -0.3 is 25.6 Å². The number of hydrogen-bond donors (Lipinski definition) is 3. The molecular formula is C14H17N2NaO5. The van der Waals surface area contributed by atoms with Crippen LogP contribution in [0.5, 0.6) is 0 Å². The smallest absolute Gasteiger partial charge is 0.547 e. The van der Waals surface area contributed by atoms with Crippen molar-refractivity contribution in [3.63, 3.8) is 0 Å². The number of carboxylic acids is 1. The number of nitrogens with one attached hydrogen (secondary N) is 2. The van der Waals surface area contributed by atoms with Crippen LogP contribution in [0.4, 0.5) is 0 Å². The molecule has 1 aromatic carbocycles. The number of aliphatic hydroxyl groups is 1. The van der Waals surface area contributed by atoms with Crippen LogP contribution < -0.4 is 45.3 Å². The van der Waals surface area contributed by atoms with Crippen LogP contribution in [0.1, 0.15) is 12.5 Å². The van der Waals surface area contributed by atoms with Gasteiger partial charge in [0.15, 0.2) is 0 Å². The molecular weight excluding hydrogens is 299 g/mol. The van der Waals surface area contributed by atoms with E-state index in [0.717, 1.165) is 5.56 Å². The van der Waals surface area contributed by atoms with Gasteiger partial charge in [-0.3, -0.25) is 9.59 Å². The summed E-state index contributed by atoms with van der Waals surface area (Å²) < 4.78 is 0. The molecule has 0 aliphatic heterocycles. The summed E-state index contributed by atoms with van der Waals surface area (Å²) in [7, 11) is 0. The van der Waals surface area contributed by atoms with Crippen molar-refractivity contribution in [2.75, 3.05) is 0 Å². The predicted molar refractivity (Wildman–Crippen MR) is 71.8 cm³/mol. The number of benzene rings is 1. The SMILES string of the molecule is C[C@@H](NC=O)C(=O)N[C@H](Cc1ccccc1)[C@H](O)C(=O)[O-].[Na+]. The summed E-state index contributed by atoms with van der Waals surface area (Å²) in [5.74, 6) is -2.27. The standard InChI is InChI=1S/C14H18N2O5.Na/c1-9(15-8-17)13(19)16-11(12(18)14(20)21)7-10-5-3-2-4-6-10;/h2-6,8-9,11-12,18H,7H2,1H3,(H,15,17)(H,16,19)(H,20,21);/q;+1/p-1/t9-,11-,12+;/m1./s1. The molecule has 7 nitrogen and oxygen atoms in total. The van der Waals surface area contributed by atoms with Crippen molar-refractivity contribution in [2.45, 2.75) is 31.5 Å². The zero-order valence-corrected chi connectivity index (χ0v) is 14.5. The van der Waals surface area contributed by atoms with E-state index in [1.807, 2.05) is 0 Å². The van der Waals surface area contributed by atoms with Crippen LogP contribution in [0, 0.1) is 0 Å². The van der Waals surface area contributed by atoms with Crippen molar-refractivity contribution < 1.29 is 54.2 Å². The Morgan fingerprint density at radius 1 is 1.32 bits per heavy atom. The van der Waals surface area contributed by atoms with E-state index in [0.29, 0.717) is 6.41 Å². The summed E-state index contributed by atoms with van der Waals surface area (Å²) in [6.45, 7) is 1.44. The van der Waals surface area contributed by atoms with Crippen LogP contribution in [-0.2, 0) is 20.8 Å². The maximum atomic E-state index is 11.8. The third-order valence-corrected chi connectivity index (χ3v) is 2.96. The molecule has 22 heavy (non-hydrogen) atoms. The molecule has 0 saturated heterocycles. The van der Waals surface area contributed by atoms with Crippen molar-refractivity contribution >= 4 is 18.3 Å². The molecule has 0 radical (unpaired) electrons. The molecule has 1 rings (SSSR count). The monoisotopic (exact) mass is 316 g/mol. The van der Waals surface area contributed by atoms with Gasteiger partial charge in [0.2, 0.25) is 12.3 Å². The first-order chi connectivity index (χ1) is 9.95. The van der Waals surface area contributed by atoms with Crippen molar-refractivity contribution in [1.29, 1.82) is 0 Å². The molecule has 0 aliphatic rings. The van der Waals surface area contributed by atoms with E-state index >= 15 is 0 Å². The number of carbonyl (C=O) groups excluding carboxylic acids is 3. The molecule has 1 aromatic rings. The van der Waals surface area contributed by atoms with Crippen molar-refractivity contribution in [3.8, 4) is 0 Å². The van der Waals surface area contributed by atoms with Gasteiger partial charge in [0.25, 0.3) is 0 Å². The van der Waals surface area contributed by atoms with E-state index < -0.39 is 30.1 Å². The van der Waals surface area contributed by atoms with Gasteiger partial charge in [-0.2, -0.15) is 0 Å². The minimum Gasteiger partial charge on any atom is -0.547 e. The minimum atomic E-state index is -1.85. The molecule has 0 aliphatic carbocycles. The van der Waals surface area contributed by atoms with E-state index in [4.69, 9.17) is 0 Å². The largest absolute Gasteiger partial charge is 1.00 e. The minimum absolute atomic E-state index is 0. The Labute approximate surface area is 150 Å². The molecule has 3 N–H and O–H groups in total. The fourth-order valence-corrected chi connectivity index (χ4v) is 1.76. The molecule has 114 valence electrons. The summed E-state index contributed by atoms with van der Waals surface area (Å²) >= 11 is 0. The van der Waals surface area contributed by atoms with Crippen LogP contribution in [0.25, 0.3) is 0 Å². The van der Waals surface area contributed by atoms with Gasteiger partial charge in [-0.25, -0.2) is 0 Å². The topological polar surface area (TPSA) is 119 Å². The Bertz CT molecular complexity index is 497. The van der Waals surface area contributed by atoms with Crippen molar-refractivity contribution in [1.82, 2.24) is 10.6 Å². The fourth-order valence-electron chi connectivity index (χ4n) is 1.76. The number of amides is 2. The van der Waals surface area contributed by atoms with Gasteiger partial charge in [-0.05, 0) is 18.9 Å². The molecule has 0 fully saturated rings. The molecule has 0 spiro atoms. The van der Waals surface area contributed by atoms with Crippen LogP contribution in [0.2, 0.25) is 0 Å². The molecule has 2 amide bonds. The third kappa shape index (κ3) is 6.57. The molecule has 0 saturated carbocycles. The third-order valence-electron chi connectivity index (χ3n) is 2.96. The zero-order valence-electron chi connectivity index (χ0n) is 12.5. The van der Waals surface area contributed by atoms with E-state index in [2.05, 4.69) is 10.6 Å². The van der Waals surface area contributed by atoms with Crippen molar-refractivity contribution in [3.05, 3.63) is 35.9 Å². The van der Waals surface area contributed by atoms with Gasteiger partial charge in [0.05, 0.1) is 12.0 Å². The Balaban J connectivity index is 0.00000441. The molecule has 0 unspecified atom stereocenters. The molecule has 0 aromatic heterocycles. The number of hydrogen-bond acceptors (Lipinski definition) is 5. The average molecular weight is 316 g/mol. The van der Waals surface area contributed by atoms with E-state index in [9.17, 15) is 24.6 Å². The van der Waals surface area contributed by atoms with Gasteiger partial charge >= 0.3 is 29.6 Å². The van der Waals surface area contributed by atoms with Gasteiger partial charge in [0.1, 0.15) is 12.1 Å². The second-order valence-corrected chi connectivity index (χ2v) is 4.57. The van der Waals surface area contributed by atoms with Crippen molar-refractivity contribution in [2.24, 2.45) is 0 Å². The first-order valence-corrected chi connectivity index (χ1v) is 6.38. The van der Waals surface area contributed by atoms with E-state index in [1.165, 1.54) is 6.92 Å². The first-order valence-electron chi connectivity index (χ1n) is 6.38. The normalized spacial score (nSPS) is 13.9. The number of carboxylic acid groups (broad SMARTS) is 1. The Kier molecular flexibility index (Phi) is 9.68. The Morgan fingerprint density at radius 2 is 1.91 bits per heavy atom.